The van der Waals surface area contributed by atoms with Crippen LogP contribution in [-0.4, -0.2) is 26.2 Å². The molecular weight excluding hydrogens is 294 g/mol. The zero-order chi connectivity index (χ0) is 14.5. The highest BCUT2D eigenvalue weighted by molar-refractivity contribution is 7.91. The summed E-state index contributed by atoms with van der Waals surface area (Å²) in [6.07, 6.45) is 3.27. The quantitative estimate of drug-likeness (QED) is 0.893. The minimum absolute atomic E-state index is 0.0802. The first-order chi connectivity index (χ1) is 9.42. The van der Waals surface area contributed by atoms with E-state index in [0.29, 0.717) is 16.0 Å². The molecule has 0 amide bonds. The number of aliphatic hydroxyl groups excluding tert-OH is 1. The largest absolute Gasteiger partial charge is 0.396 e. The summed E-state index contributed by atoms with van der Waals surface area (Å²) in [5.41, 5.74) is 1.02. The van der Waals surface area contributed by atoms with Crippen LogP contribution in [0.1, 0.15) is 29.7 Å². The number of nitrogens with one attached hydrogen (secondary N) is 1. The Kier molecular flexibility index (Phi) is 3.69. The molecule has 0 aliphatic heterocycles. The maximum absolute atomic E-state index is 12.5. The Morgan fingerprint density at radius 2 is 2.05 bits per heavy atom. The Balaban J connectivity index is 1.83. The van der Waals surface area contributed by atoms with Crippen molar-refractivity contribution in [2.24, 2.45) is 17.8 Å². The van der Waals surface area contributed by atoms with E-state index in [1.807, 2.05) is 13.8 Å². The lowest BCUT2D eigenvalue weighted by Crippen LogP contribution is -2.44. The third-order valence-corrected chi connectivity index (χ3v) is 8.08. The van der Waals surface area contributed by atoms with Crippen molar-refractivity contribution < 1.29 is 13.5 Å². The number of fused-ring (bicyclic) bond motifs is 2. The third kappa shape index (κ3) is 2.32. The highest BCUT2D eigenvalue weighted by Crippen LogP contribution is 2.48. The van der Waals surface area contributed by atoms with Gasteiger partial charge < -0.3 is 5.11 Å². The molecular formula is C14H21NO3S2. The molecule has 0 saturated heterocycles. The number of rotatable bonds is 4. The van der Waals surface area contributed by atoms with Gasteiger partial charge in [0.1, 0.15) is 4.21 Å². The van der Waals surface area contributed by atoms with Crippen molar-refractivity contribution in [3.63, 3.8) is 0 Å². The highest BCUT2D eigenvalue weighted by Gasteiger charge is 2.48. The van der Waals surface area contributed by atoms with Gasteiger partial charge in [0.2, 0.25) is 10.0 Å². The first-order valence-corrected chi connectivity index (χ1v) is 9.42. The van der Waals surface area contributed by atoms with Crippen LogP contribution < -0.4 is 4.72 Å². The average Bonchev–Trinajstić information content (AvgIpc) is 3.05. The van der Waals surface area contributed by atoms with Crippen LogP contribution in [0.5, 0.6) is 0 Å². The van der Waals surface area contributed by atoms with Crippen LogP contribution in [0, 0.1) is 31.6 Å². The van der Waals surface area contributed by atoms with E-state index in [1.54, 1.807) is 6.07 Å². The van der Waals surface area contributed by atoms with Crippen molar-refractivity contribution in [1.29, 1.82) is 0 Å². The number of hydrogen-bond acceptors (Lipinski definition) is 4. The second-order valence-corrected chi connectivity index (χ2v) is 9.33. The van der Waals surface area contributed by atoms with Gasteiger partial charge in [-0.15, -0.1) is 11.3 Å². The van der Waals surface area contributed by atoms with E-state index in [1.165, 1.54) is 11.3 Å². The van der Waals surface area contributed by atoms with Crippen molar-refractivity contribution >= 4 is 21.4 Å². The van der Waals surface area contributed by atoms with E-state index >= 15 is 0 Å². The van der Waals surface area contributed by atoms with Gasteiger partial charge in [0.15, 0.2) is 0 Å². The molecule has 2 saturated carbocycles. The summed E-state index contributed by atoms with van der Waals surface area (Å²) < 4.78 is 28.3. The van der Waals surface area contributed by atoms with E-state index in [9.17, 15) is 13.5 Å². The molecule has 0 spiro atoms. The number of aliphatic hydroxyl groups is 1. The summed E-state index contributed by atoms with van der Waals surface area (Å²) in [6.45, 7) is 3.95. The second-order valence-electron chi connectivity index (χ2n) is 6.13. The Labute approximate surface area is 124 Å². The SMILES string of the molecule is Cc1cc(S(=O)(=O)N[C@H]2[C@H]3CC[C@@H](C3)[C@H]2CO)sc1C. The summed E-state index contributed by atoms with van der Waals surface area (Å²) in [5.74, 6) is 0.976. The molecule has 1 heterocycles. The van der Waals surface area contributed by atoms with Crippen LogP contribution in [0.2, 0.25) is 0 Å². The van der Waals surface area contributed by atoms with E-state index in [-0.39, 0.29) is 18.6 Å². The van der Waals surface area contributed by atoms with Gasteiger partial charge >= 0.3 is 0 Å². The summed E-state index contributed by atoms with van der Waals surface area (Å²) in [7, 11) is -3.45. The molecule has 20 heavy (non-hydrogen) atoms. The molecule has 4 nitrogen and oxygen atoms in total. The van der Waals surface area contributed by atoms with Gasteiger partial charge in [0.05, 0.1) is 0 Å². The normalized spacial score (nSPS) is 33.0. The van der Waals surface area contributed by atoms with Crippen molar-refractivity contribution in [2.75, 3.05) is 6.61 Å². The number of aryl methyl sites for hydroxylation is 2. The molecule has 6 heteroatoms. The Hall–Kier alpha value is -0.430. The lowest BCUT2D eigenvalue weighted by Gasteiger charge is -2.29. The number of thiophene rings is 1. The second kappa shape index (κ2) is 5.09. The first-order valence-electron chi connectivity index (χ1n) is 7.12. The van der Waals surface area contributed by atoms with Gasteiger partial charge in [-0.05, 0) is 56.6 Å². The molecule has 2 fully saturated rings. The van der Waals surface area contributed by atoms with Crippen LogP contribution in [0.15, 0.2) is 10.3 Å². The Morgan fingerprint density at radius 3 is 2.65 bits per heavy atom. The van der Waals surface area contributed by atoms with Crippen molar-refractivity contribution in [2.45, 2.75) is 43.4 Å². The molecule has 0 unspecified atom stereocenters. The van der Waals surface area contributed by atoms with Gasteiger partial charge in [-0.1, -0.05) is 0 Å². The summed E-state index contributed by atoms with van der Waals surface area (Å²) in [5, 5.41) is 9.54. The van der Waals surface area contributed by atoms with Crippen molar-refractivity contribution in [3.05, 3.63) is 16.5 Å². The third-order valence-electron chi connectivity index (χ3n) is 5.00. The number of hydrogen-bond donors (Lipinski definition) is 2. The summed E-state index contributed by atoms with van der Waals surface area (Å²) in [6, 6.07) is 1.65. The van der Waals surface area contributed by atoms with Crippen LogP contribution in [0.4, 0.5) is 0 Å². The van der Waals surface area contributed by atoms with Gasteiger partial charge in [-0.25, -0.2) is 13.1 Å². The molecule has 1 aromatic rings. The summed E-state index contributed by atoms with van der Waals surface area (Å²) in [4.78, 5) is 1.04. The summed E-state index contributed by atoms with van der Waals surface area (Å²) >= 11 is 1.32. The molecule has 112 valence electrons. The topological polar surface area (TPSA) is 66.4 Å². The molecule has 2 aliphatic rings. The minimum atomic E-state index is -3.45. The van der Waals surface area contributed by atoms with Crippen LogP contribution >= 0.6 is 11.3 Å². The highest BCUT2D eigenvalue weighted by atomic mass is 32.2. The minimum Gasteiger partial charge on any atom is -0.396 e. The fourth-order valence-electron chi connectivity index (χ4n) is 3.77. The standard InChI is InChI=1S/C14H21NO3S2/c1-8-5-13(19-9(8)2)20(17,18)15-14-11-4-3-10(6-11)12(14)7-16/h5,10-12,14-16H,3-4,6-7H2,1-2H3/t10-,11-,12+,14-/m0/s1. The maximum Gasteiger partial charge on any atom is 0.250 e. The lowest BCUT2D eigenvalue weighted by atomic mass is 9.86. The molecule has 2 bridgehead atoms. The lowest BCUT2D eigenvalue weighted by molar-refractivity contribution is 0.153. The van der Waals surface area contributed by atoms with E-state index in [2.05, 4.69) is 4.72 Å². The molecule has 0 radical (unpaired) electrons. The predicted octanol–water partition coefficient (Wildman–Crippen LogP) is 2.05. The van der Waals surface area contributed by atoms with Gasteiger partial charge in [0, 0.05) is 23.4 Å². The fourth-order valence-corrected chi connectivity index (χ4v) is 6.65. The zero-order valence-electron chi connectivity index (χ0n) is 11.8. The fraction of sp³-hybridized carbons (Fsp3) is 0.714. The molecule has 0 aromatic carbocycles. The van der Waals surface area contributed by atoms with Crippen LogP contribution in [0.3, 0.4) is 0 Å². The molecule has 1 aromatic heterocycles. The maximum atomic E-state index is 12.5. The Bertz CT molecular complexity index is 588. The molecule has 2 N–H and O–H groups in total. The smallest absolute Gasteiger partial charge is 0.250 e. The van der Waals surface area contributed by atoms with Crippen molar-refractivity contribution in [1.82, 2.24) is 4.72 Å². The zero-order valence-corrected chi connectivity index (χ0v) is 13.4. The number of sulfonamides is 1. The average molecular weight is 315 g/mol. The van der Waals surface area contributed by atoms with Gasteiger partial charge in [-0.3, -0.25) is 0 Å². The molecule has 4 atom stereocenters. The van der Waals surface area contributed by atoms with Gasteiger partial charge in [0.25, 0.3) is 0 Å². The van der Waals surface area contributed by atoms with E-state index < -0.39 is 10.0 Å². The Morgan fingerprint density at radius 1 is 1.35 bits per heavy atom. The van der Waals surface area contributed by atoms with Crippen LogP contribution in [0.25, 0.3) is 0 Å². The molecule has 2 aliphatic carbocycles. The van der Waals surface area contributed by atoms with Crippen LogP contribution in [-0.2, 0) is 10.0 Å². The van der Waals surface area contributed by atoms with Crippen molar-refractivity contribution in [3.8, 4) is 0 Å². The monoisotopic (exact) mass is 315 g/mol. The molecule has 3 rings (SSSR count). The van der Waals surface area contributed by atoms with Gasteiger partial charge in [-0.2, -0.15) is 0 Å². The first kappa shape index (κ1) is 14.5. The predicted molar refractivity (Wildman–Crippen MR) is 79.3 cm³/mol. The van der Waals surface area contributed by atoms with E-state index in [4.69, 9.17) is 0 Å². The van der Waals surface area contributed by atoms with E-state index in [0.717, 1.165) is 29.7 Å².